The van der Waals surface area contributed by atoms with Gasteiger partial charge in [0, 0.05) is 27.2 Å². The summed E-state index contributed by atoms with van der Waals surface area (Å²) in [6.45, 7) is 1.43. The number of benzene rings is 1. The molecule has 1 aromatic carbocycles. The van der Waals surface area contributed by atoms with E-state index in [-0.39, 0.29) is 35.0 Å². The van der Waals surface area contributed by atoms with Crippen LogP contribution in [-0.4, -0.2) is 52.6 Å². The van der Waals surface area contributed by atoms with E-state index in [4.69, 9.17) is 10.5 Å². The van der Waals surface area contributed by atoms with Gasteiger partial charge in [-0.05, 0) is 30.5 Å². The highest BCUT2D eigenvalue weighted by Gasteiger charge is 2.20. The Morgan fingerprint density at radius 3 is 2.58 bits per heavy atom. The zero-order valence-corrected chi connectivity index (χ0v) is 17.1. The molecule has 24 heavy (non-hydrogen) atoms. The Morgan fingerprint density at radius 1 is 1.38 bits per heavy atom. The molecule has 9 heteroatoms. The topological polar surface area (TPSA) is 97.0 Å². The maximum Gasteiger partial charge on any atom is 0.240 e. The number of aliphatic imine (C=N–C) groups is 1. The van der Waals surface area contributed by atoms with E-state index in [1.165, 1.54) is 0 Å². The van der Waals surface area contributed by atoms with Crippen molar-refractivity contribution in [2.24, 2.45) is 10.7 Å². The molecule has 0 aromatic heterocycles. The number of hydrogen-bond acceptors (Lipinski definition) is 4. The highest BCUT2D eigenvalue weighted by molar-refractivity contribution is 14.0. The van der Waals surface area contributed by atoms with Crippen LogP contribution in [0, 0.1) is 0 Å². The van der Waals surface area contributed by atoms with Gasteiger partial charge in [-0.3, -0.25) is 0 Å². The van der Waals surface area contributed by atoms with Crippen LogP contribution < -0.4 is 10.5 Å². The SMILES string of the molecule is CN(C)C(N)=NCc1ccc(S(=O)(=O)NCC2CCCO2)cc1.I. The first kappa shape index (κ1) is 21.1. The second-order valence-corrected chi connectivity index (χ2v) is 7.47. The third-order valence-electron chi connectivity index (χ3n) is 3.64. The molecule has 1 heterocycles. The second kappa shape index (κ2) is 9.54. The Bertz CT molecular complexity index is 641. The van der Waals surface area contributed by atoms with Crippen molar-refractivity contribution >= 4 is 40.0 Å². The fourth-order valence-corrected chi connectivity index (χ4v) is 3.25. The summed E-state index contributed by atoms with van der Waals surface area (Å²) in [7, 11) is 0.119. The number of guanidine groups is 1. The van der Waals surface area contributed by atoms with Crippen molar-refractivity contribution in [3.8, 4) is 0 Å². The van der Waals surface area contributed by atoms with Gasteiger partial charge in [0.2, 0.25) is 10.0 Å². The van der Waals surface area contributed by atoms with Gasteiger partial charge in [-0.1, -0.05) is 12.1 Å². The van der Waals surface area contributed by atoms with E-state index in [1.54, 1.807) is 29.2 Å². The lowest BCUT2D eigenvalue weighted by atomic mass is 10.2. The Hall–Kier alpha value is -0.910. The third-order valence-corrected chi connectivity index (χ3v) is 5.08. The van der Waals surface area contributed by atoms with E-state index in [9.17, 15) is 8.42 Å². The third kappa shape index (κ3) is 6.19. The fourth-order valence-electron chi connectivity index (χ4n) is 2.18. The maximum absolute atomic E-state index is 12.2. The molecule has 1 aliphatic rings. The summed E-state index contributed by atoms with van der Waals surface area (Å²) < 4.78 is 32.5. The number of halogens is 1. The van der Waals surface area contributed by atoms with Crippen LogP contribution >= 0.6 is 24.0 Å². The number of ether oxygens (including phenoxy) is 1. The van der Waals surface area contributed by atoms with Gasteiger partial charge in [-0.15, -0.1) is 24.0 Å². The molecule has 2 rings (SSSR count). The molecule has 1 atom stereocenters. The van der Waals surface area contributed by atoms with Gasteiger partial charge >= 0.3 is 0 Å². The summed E-state index contributed by atoms with van der Waals surface area (Å²) in [6, 6.07) is 6.64. The van der Waals surface area contributed by atoms with Gasteiger partial charge in [0.05, 0.1) is 17.5 Å². The lowest BCUT2D eigenvalue weighted by Gasteiger charge is -2.12. The quantitative estimate of drug-likeness (QED) is 0.371. The van der Waals surface area contributed by atoms with Crippen molar-refractivity contribution in [3.63, 3.8) is 0 Å². The Balaban J connectivity index is 0.00000288. The first-order valence-corrected chi connectivity index (χ1v) is 9.04. The van der Waals surface area contributed by atoms with Crippen molar-refractivity contribution < 1.29 is 13.2 Å². The molecule has 0 radical (unpaired) electrons. The minimum Gasteiger partial charge on any atom is -0.377 e. The fraction of sp³-hybridized carbons (Fsp3) is 0.533. The minimum atomic E-state index is -3.51. The van der Waals surface area contributed by atoms with Crippen LogP contribution in [-0.2, 0) is 21.3 Å². The Kier molecular flexibility index (Phi) is 8.40. The van der Waals surface area contributed by atoms with Gasteiger partial charge in [0.1, 0.15) is 0 Å². The summed E-state index contributed by atoms with van der Waals surface area (Å²) in [4.78, 5) is 6.17. The Morgan fingerprint density at radius 2 is 2.04 bits per heavy atom. The lowest BCUT2D eigenvalue weighted by molar-refractivity contribution is 0.114. The summed E-state index contributed by atoms with van der Waals surface area (Å²) in [5, 5.41) is 0. The first-order valence-electron chi connectivity index (χ1n) is 7.56. The number of hydrogen-bond donors (Lipinski definition) is 2. The average Bonchev–Trinajstić information content (AvgIpc) is 3.04. The van der Waals surface area contributed by atoms with Crippen LogP contribution in [0.15, 0.2) is 34.2 Å². The lowest BCUT2D eigenvalue weighted by Crippen LogP contribution is -2.31. The summed E-state index contributed by atoms with van der Waals surface area (Å²) in [5.41, 5.74) is 6.62. The molecular formula is C15H25IN4O3S. The zero-order valence-electron chi connectivity index (χ0n) is 13.9. The molecule has 1 aliphatic heterocycles. The Labute approximate surface area is 160 Å². The molecule has 1 saturated heterocycles. The van der Waals surface area contributed by atoms with Crippen molar-refractivity contribution in [1.82, 2.24) is 9.62 Å². The number of nitrogens with two attached hydrogens (primary N) is 1. The van der Waals surface area contributed by atoms with E-state index < -0.39 is 10.0 Å². The highest BCUT2D eigenvalue weighted by atomic mass is 127. The van der Waals surface area contributed by atoms with Gasteiger partial charge in [0.25, 0.3) is 0 Å². The minimum absolute atomic E-state index is 0. The standard InChI is InChI=1S/C15H24N4O3S.HI/c1-19(2)15(16)17-10-12-5-7-14(8-6-12)23(20,21)18-11-13-4-3-9-22-13;/h5-8,13,18H,3-4,9-11H2,1-2H3,(H2,16,17);1H. The van der Waals surface area contributed by atoms with Gasteiger partial charge in [0.15, 0.2) is 5.96 Å². The predicted molar refractivity (Wildman–Crippen MR) is 105 cm³/mol. The number of rotatable bonds is 6. The van der Waals surface area contributed by atoms with Crippen LogP contribution in [0.3, 0.4) is 0 Å². The zero-order chi connectivity index (χ0) is 16.9. The monoisotopic (exact) mass is 468 g/mol. The molecule has 0 aliphatic carbocycles. The molecule has 136 valence electrons. The van der Waals surface area contributed by atoms with Gasteiger partial charge in [-0.25, -0.2) is 18.1 Å². The number of sulfonamides is 1. The molecular weight excluding hydrogens is 443 g/mol. The van der Waals surface area contributed by atoms with Crippen molar-refractivity contribution in [2.75, 3.05) is 27.2 Å². The molecule has 1 unspecified atom stereocenters. The number of nitrogens with one attached hydrogen (secondary N) is 1. The second-order valence-electron chi connectivity index (χ2n) is 5.70. The van der Waals surface area contributed by atoms with Gasteiger partial charge in [-0.2, -0.15) is 0 Å². The predicted octanol–water partition coefficient (Wildman–Crippen LogP) is 1.14. The number of nitrogens with zero attached hydrogens (tertiary/aromatic N) is 2. The molecule has 0 saturated carbocycles. The highest BCUT2D eigenvalue weighted by Crippen LogP contribution is 2.14. The summed E-state index contributed by atoms with van der Waals surface area (Å²) in [5.74, 6) is 0.430. The smallest absolute Gasteiger partial charge is 0.240 e. The average molecular weight is 468 g/mol. The van der Waals surface area contributed by atoms with Crippen LogP contribution in [0.25, 0.3) is 0 Å². The van der Waals surface area contributed by atoms with E-state index >= 15 is 0 Å². The van der Waals surface area contributed by atoms with E-state index in [0.717, 1.165) is 18.4 Å². The molecule has 0 spiro atoms. The molecule has 1 fully saturated rings. The van der Waals surface area contributed by atoms with E-state index in [1.807, 2.05) is 14.1 Å². The molecule has 7 nitrogen and oxygen atoms in total. The first-order chi connectivity index (χ1) is 10.9. The molecule has 1 aromatic rings. The largest absolute Gasteiger partial charge is 0.377 e. The van der Waals surface area contributed by atoms with Gasteiger partial charge < -0.3 is 15.4 Å². The van der Waals surface area contributed by atoms with Crippen molar-refractivity contribution in [3.05, 3.63) is 29.8 Å². The van der Waals surface area contributed by atoms with Crippen molar-refractivity contribution in [2.45, 2.75) is 30.4 Å². The van der Waals surface area contributed by atoms with Crippen LogP contribution in [0.4, 0.5) is 0 Å². The van der Waals surface area contributed by atoms with E-state index in [0.29, 0.717) is 25.7 Å². The van der Waals surface area contributed by atoms with Crippen molar-refractivity contribution in [1.29, 1.82) is 0 Å². The summed E-state index contributed by atoms with van der Waals surface area (Å²) in [6.07, 6.45) is 1.86. The normalized spacial score (nSPS) is 18.2. The maximum atomic E-state index is 12.2. The van der Waals surface area contributed by atoms with Crippen LogP contribution in [0.2, 0.25) is 0 Å². The van der Waals surface area contributed by atoms with E-state index in [2.05, 4.69) is 9.71 Å². The molecule has 3 N–H and O–H groups in total. The molecule has 0 amide bonds. The van der Waals surface area contributed by atoms with Crippen LogP contribution in [0.5, 0.6) is 0 Å². The summed E-state index contributed by atoms with van der Waals surface area (Å²) >= 11 is 0. The van der Waals surface area contributed by atoms with Crippen LogP contribution in [0.1, 0.15) is 18.4 Å². The molecule has 0 bridgehead atoms.